The minimum absolute atomic E-state index is 0.430. The molecule has 2 saturated heterocycles. The van der Waals surface area contributed by atoms with E-state index in [9.17, 15) is 0 Å². The molecule has 3 atom stereocenters. The minimum Gasteiger partial charge on any atom is -0.380 e. The molecule has 0 aromatic heterocycles. The Hall–Kier alpha value is -0.120. The van der Waals surface area contributed by atoms with Crippen molar-refractivity contribution in [2.24, 2.45) is 11.3 Å². The van der Waals surface area contributed by atoms with E-state index in [0.29, 0.717) is 17.6 Å². The number of ether oxygens (including phenoxy) is 1. The first-order chi connectivity index (χ1) is 8.99. The van der Waals surface area contributed by atoms with Crippen LogP contribution in [0.1, 0.15) is 46.5 Å². The molecule has 0 spiro atoms. The molecule has 2 fully saturated rings. The van der Waals surface area contributed by atoms with Gasteiger partial charge in [-0.05, 0) is 50.1 Å². The largest absolute Gasteiger partial charge is 0.380 e. The Bertz CT molecular complexity index is 274. The van der Waals surface area contributed by atoms with Crippen LogP contribution in [-0.4, -0.2) is 50.3 Å². The number of nitrogens with one attached hydrogen (secondary N) is 1. The number of hydrogen-bond acceptors (Lipinski definition) is 3. The summed E-state index contributed by atoms with van der Waals surface area (Å²) in [4.78, 5) is 2.67. The Morgan fingerprint density at radius 1 is 1.21 bits per heavy atom. The second kappa shape index (κ2) is 6.55. The molecular weight excluding hydrogens is 236 g/mol. The second-order valence-electron chi connectivity index (χ2n) is 7.49. The van der Waals surface area contributed by atoms with E-state index in [2.05, 4.69) is 31.0 Å². The zero-order valence-electron chi connectivity index (χ0n) is 13.2. The summed E-state index contributed by atoms with van der Waals surface area (Å²) >= 11 is 0. The molecule has 19 heavy (non-hydrogen) atoms. The standard InChI is InChI=1S/C16H32N2O/c1-16(2,3)13-6-5-8-18(9-7-13)12-14-10-15(19-4)11-17-14/h13-15,17H,5-12H2,1-4H3. The normalized spacial score (nSPS) is 34.4. The molecule has 0 radical (unpaired) electrons. The van der Waals surface area contributed by atoms with Crippen molar-refractivity contribution in [3.05, 3.63) is 0 Å². The lowest BCUT2D eigenvalue weighted by molar-refractivity contribution is 0.115. The molecule has 3 nitrogen and oxygen atoms in total. The number of nitrogens with zero attached hydrogens (tertiary/aromatic N) is 1. The summed E-state index contributed by atoms with van der Waals surface area (Å²) in [5, 5.41) is 3.60. The average Bonchev–Trinajstić information content (AvgIpc) is 2.65. The Balaban J connectivity index is 1.77. The van der Waals surface area contributed by atoms with E-state index in [1.807, 2.05) is 7.11 Å². The molecule has 0 bridgehead atoms. The first-order valence-corrected chi connectivity index (χ1v) is 7.97. The van der Waals surface area contributed by atoms with Gasteiger partial charge in [-0.15, -0.1) is 0 Å². The summed E-state index contributed by atoms with van der Waals surface area (Å²) in [5.41, 5.74) is 0.475. The third kappa shape index (κ3) is 4.44. The summed E-state index contributed by atoms with van der Waals surface area (Å²) in [6.45, 7) is 12.0. The summed E-state index contributed by atoms with van der Waals surface area (Å²) in [7, 11) is 1.83. The number of hydrogen-bond donors (Lipinski definition) is 1. The van der Waals surface area contributed by atoms with Crippen LogP contribution in [0.25, 0.3) is 0 Å². The smallest absolute Gasteiger partial charge is 0.0711 e. The fourth-order valence-corrected chi connectivity index (χ4v) is 3.62. The van der Waals surface area contributed by atoms with Gasteiger partial charge >= 0.3 is 0 Å². The highest BCUT2D eigenvalue weighted by Gasteiger charge is 2.29. The molecule has 0 aromatic carbocycles. The molecule has 3 heteroatoms. The molecule has 2 rings (SSSR count). The van der Waals surface area contributed by atoms with Gasteiger partial charge in [-0.25, -0.2) is 0 Å². The first kappa shape index (κ1) is 15.3. The monoisotopic (exact) mass is 268 g/mol. The van der Waals surface area contributed by atoms with Crippen LogP contribution in [0.15, 0.2) is 0 Å². The van der Waals surface area contributed by atoms with E-state index in [1.54, 1.807) is 0 Å². The van der Waals surface area contributed by atoms with Gasteiger partial charge in [-0.1, -0.05) is 20.8 Å². The van der Waals surface area contributed by atoms with Crippen LogP contribution >= 0.6 is 0 Å². The Kier molecular flexibility index (Phi) is 5.27. The molecule has 3 unspecified atom stereocenters. The summed E-state index contributed by atoms with van der Waals surface area (Å²) < 4.78 is 5.44. The van der Waals surface area contributed by atoms with Crippen LogP contribution in [0.4, 0.5) is 0 Å². The van der Waals surface area contributed by atoms with Crippen molar-refractivity contribution in [3.63, 3.8) is 0 Å². The second-order valence-corrected chi connectivity index (χ2v) is 7.49. The maximum atomic E-state index is 5.44. The van der Waals surface area contributed by atoms with Crippen molar-refractivity contribution >= 4 is 0 Å². The Morgan fingerprint density at radius 2 is 2.00 bits per heavy atom. The summed E-state index contributed by atoms with van der Waals surface area (Å²) in [6, 6.07) is 0.635. The van der Waals surface area contributed by atoms with Gasteiger partial charge in [0.2, 0.25) is 0 Å². The van der Waals surface area contributed by atoms with Gasteiger partial charge in [0, 0.05) is 26.2 Å². The molecule has 2 heterocycles. The van der Waals surface area contributed by atoms with Crippen molar-refractivity contribution in [2.45, 2.75) is 58.6 Å². The van der Waals surface area contributed by atoms with E-state index < -0.39 is 0 Å². The zero-order chi connectivity index (χ0) is 13.9. The third-order valence-electron chi connectivity index (χ3n) is 5.04. The predicted molar refractivity (Wildman–Crippen MR) is 80.4 cm³/mol. The van der Waals surface area contributed by atoms with Crippen molar-refractivity contribution in [3.8, 4) is 0 Å². The molecule has 0 aliphatic carbocycles. The van der Waals surface area contributed by atoms with E-state index in [4.69, 9.17) is 4.74 Å². The van der Waals surface area contributed by atoms with Crippen LogP contribution < -0.4 is 5.32 Å². The Labute approximate surface area is 119 Å². The zero-order valence-corrected chi connectivity index (χ0v) is 13.2. The number of methoxy groups -OCH3 is 1. The van der Waals surface area contributed by atoms with Crippen LogP contribution in [0, 0.1) is 11.3 Å². The fraction of sp³-hybridized carbons (Fsp3) is 1.00. The van der Waals surface area contributed by atoms with Crippen LogP contribution in [-0.2, 0) is 4.74 Å². The molecule has 0 saturated carbocycles. The SMILES string of the molecule is COC1CNC(CN2CCCC(C(C)(C)C)CC2)C1. The van der Waals surface area contributed by atoms with Crippen LogP contribution in [0.2, 0.25) is 0 Å². The molecule has 1 N–H and O–H groups in total. The van der Waals surface area contributed by atoms with Crippen molar-refractivity contribution in [1.29, 1.82) is 0 Å². The van der Waals surface area contributed by atoms with Gasteiger partial charge in [-0.2, -0.15) is 0 Å². The highest BCUT2D eigenvalue weighted by Crippen LogP contribution is 2.34. The summed E-state index contributed by atoms with van der Waals surface area (Å²) in [6.07, 6.45) is 5.74. The lowest BCUT2D eigenvalue weighted by atomic mass is 9.77. The first-order valence-electron chi connectivity index (χ1n) is 7.97. The lowest BCUT2D eigenvalue weighted by Crippen LogP contribution is -2.38. The van der Waals surface area contributed by atoms with E-state index >= 15 is 0 Å². The minimum atomic E-state index is 0.430. The van der Waals surface area contributed by atoms with Crippen LogP contribution in [0.3, 0.4) is 0 Å². The maximum Gasteiger partial charge on any atom is 0.0711 e. The van der Waals surface area contributed by atoms with E-state index in [0.717, 1.165) is 12.5 Å². The topological polar surface area (TPSA) is 24.5 Å². The fourth-order valence-electron chi connectivity index (χ4n) is 3.62. The number of likely N-dealkylation sites (tertiary alicyclic amines) is 1. The highest BCUT2D eigenvalue weighted by molar-refractivity contribution is 4.86. The molecule has 0 amide bonds. The van der Waals surface area contributed by atoms with Crippen molar-refractivity contribution in [1.82, 2.24) is 10.2 Å². The van der Waals surface area contributed by atoms with Crippen LogP contribution in [0.5, 0.6) is 0 Å². The lowest BCUT2D eigenvalue weighted by Gasteiger charge is -2.30. The highest BCUT2D eigenvalue weighted by atomic mass is 16.5. The molecule has 0 aromatic rings. The quantitative estimate of drug-likeness (QED) is 0.851. The van der Waals surface area contributed by atoms with Gasteiger partial charge in [0.25, 0.3) is 0 Å². The van der Waals surface area contributed by atoms with Gasteiger partial charge in [0.1, 0.15) is 0 Å². The predicted octanol–water partition coefficient (Wildman–Crippen LogP) is 2.51. The van der Waals surface area contributed by atoms with E-state index in [1.165, 1.54) is 45.3 Å². The Morgan fingerprint density at radius 3 is 2.63 bits per heavy atom. The third-order valence-corrected chi connectivity index (χ3v) is 5.04. The molecule has 2 aliphatic rings. The molecular formula is C16H32N2O. The van der Waals surface area contributed by atoms with Crippen molar-refractivity contribution in [2.75, 3.05) is 33.3 Å². The average molecular weight is 268 g/mol. The molecule has 112 valence electrons. The van der Waals surface area contributed by atoms with Gasteiger partial charge in [0.05, 0.1) is 6.10 Å². The van der Waals surface area contributed by atoms with Gasteiger partial charge in [-0.3, -0.25) is 0 Å². The van der Waals surface area contributed by atoms with E-state index in [-0.39, 0.29) is 0 Å². The van der Waals surface area contributed by atoms with Gasteiger partial charge < -0.3 is 15.0 Å². The molecule has 2 aliphatic heterocycles. The van der Waals surface area contributed by atoms with Crippen molar-refractivity contribution < 1.29 is 4.74 Å². The van der Waals surface area contributed by atoms with Gasteiger partial charge in [0.15, 0.2) is 0 Å². The summed E-state index contributed by atoms with van der Waals surface area (Å²) in [5.74, 6) is 0.890. The number of rotatable bonds is 3. The maximum absolute atomic E-state index is 5.44.